The number of hydrogen-bond donors (Lipinski definition) is 1. The lowest BCUT2D eigenvalue weighted by atomic mass is 10.1. The number of rotatable bonds is 1. The van der Waals surface area contributed by atoms with Gasteiger partial charge >= 0.3 is 0 Å². The van der Waals surface area contributed by atoms with Crippen molar-refractivity contribution in [1.29, 1.82) is 0 Å². The highest BCUT2D eigenvalue weighted by Crippen LogP contribution is 2.32. The molecule has 1 aromatic heterocycles. The Morgan fingerprint density at radius 1 is 1.31 bits per heavy atom. The van der Waals surface area contributed by atoms with Gasteiger partial charge in [-0.2, -0.15) is 0 Å². The molecule has 1 aliphatic rings. The first-order valence-corrected chi connectivity index (χ1v) is 4.86. The van der Waals surface area contributed by atoms with E-state index < -0.39 is 0 Å². The molecular formula is C12H8N2O2. The van der Waals surface area contributed by atoms with Crippen LogP contribution < -0.4 is 5.32 Å². The maximum atomic E-state index is 11.7. The monoisotopic (exact) mass is 212 g/mol. The SMILES string of the molecule is O=C1Nc2ccccc2/C1=C/c1cnoc1. The van der Waals surface area contributed by atoms with E-state index in [1.54, 1.807) is 12.3 Å². The number of carbonyl (C=O) groups excluding carboxylic acids is 1. The van der Waals surface area contributed by atoms with Crippen LogP contribution in [0, 0.1) is 0 Å². The lowest BCUT2D eigenvalue weighted by molar-refractivity contribution is -0.110. The van der Waals surface area contributed by atoms with E-state index in [2.05, 4.69) is 10.5 Å². The third-order valence-electron chi connectivity index (χ3n) is 2.47. The van der Waals surface area contributed by atoms with E-state index in [0.717, 1.165) is 16.8 Å². The third-order valence-corrected chi connectivity index (χ3v) is 2.47. The quantitative estimate of drug-likeness (QED) is 0.737. The summed E-state index contributed by atoms with van der Waals surface area (Å²) in [5, 5.41) is 6.40. The second-order valence-electron chi connectivity index (χ2n) is 3.52. The standard InChI is InChI=1S/C12H8N2O2/c15-12-10(5-8-6-13-16-7-8)9-3-1-2-4-11(9)14-12/h1-7H,(H,14,15)/b10-5-. The molecule has 0 saturated heterocycles. The van der Waals surface area contributed by atoms with Crippen molar-refractivity contribution in [2.75, 3.05) is 5.32 Å². The fourth-order valence-electron chi connectivity index (χ4n) is 1.73. The number of carbonyl (C=O) groups is 1. The summed E-state index contributed by atoms with van der Waals surface area (Å²) >= 11 is 0. The summed E-state index contributed by atoms with van der Waals surface area (Å²) in [5.74, 6) is -0.0950. The van der Waals surface area contributed by atoms with Gasteiger partial charge in [0.1, 0.15) is 6.26 Å². The predicted octanol–water partition coefficient (Wildman–Crippen LogP) is 2.17. The zero-order valence-corrected chi connectivity index (χ0v) is 8.31. The fraction of sp³-hybridized carbons (Fsp3) is 0. The van der Waals surface area contributed by atoms with Crippen molar-refractivity contribution in [2.24, 2.45) is 0 Å². The molecule has 0 bridgehead atoms. The van der Waals surface area contributed by atoms with Crippen LogP contribution in [-0.4, -0.2) is 11.1 Å². The van der Waals surface area contributed by atoms with E-state index in [9.17, 15) is 4.79 Å². The van der Waals surface area contributed by atoms with E-state index in [0.29, 0.717) is 5.57 Å². The number of nitrogens with one attached hydrogen (secondary N) is 1. The van der Waals surface area contributed by atoms with Gasteiger partial charge in [-0.15, -0.1) is 0 Å². The van der Waals surface area contributed by atoms with E-state index in [-0.39, 0.29) is 5.91 Å². The molecule has 2 aromatic rings. The minimum atomic E-state index is -0.0950. The molecule has 0 aliphatic carbocycles. The van der Waals surface area contributed by atoms with Crippen LogP contribution in [0.3, 0.4) is 0 Å². The maximum Gasteiger partial charge on any atom is 0.256 e. The topological polar surface area (TPSA) is 55.1 Å². The van der Waals surface area contributed by atoms with Crippen LogP contribution in [0.15, 0.2) is 41.2 Å². The number of aromatic nitrogens is 1. The molecule has 78 valence electrons. The Morgan fingerprint density at radius 3 is 3.00 bits per heavy atom. The molecule has 0 radical (unpaired) electrons. The van der Waals surface area contributed by atoms with Gasteiger partial charge in [-0.05, 0) is 12.1 Å². The molecule has 4 nitrogen and oxygen atoms in total. The molecule has 0 atom stereocenters. The minimum Gasteiger partial charge on any atom is -0.364 e. The molecular weight excluding hydrogens is 204 g/mol. The van der Waals surface area contributed by atoms with E-state index in [4.69, 9.17) is 4.52 Å². The Labute approximate surface area is 91.6 Å². The number of nitrogens with zero attached hydrogens (tertiary/aromatic N) is 1. The van der Waals surface area contributed by atoms with Crippen LogP contribution in [0.1, 0.15) is 11.1 Å². The van der Waals surface area contributed by atoms with E-state index in [1.165, 1.54) is 6.26 Å². The van der Waals surface area contributed by atoms with Gasteiger partial charge in [-0.25, -0.2) is 0 Å². The molecule has 1 N–H and O–H groups in total. The maximum absolute atomic E-state index is 11.7. The lowest BCUT2D eigenvalue weighted by Crippen LogP contribution is -2.03. The van der Waals surface area contributed by atoms with Gasteiger partial charge in [0, 0.05) is 22.4 Å². The molecule has 16 heavy (non-hydrogen) atoms. The fourth-order valence-corrected chi connectivity index (χ4v) is 1.73. The number of hydrogen-bond acceptors (Lipinski definition) is 3. The van der Waals surface area contributed by atoms with Crippen LogP contribution in [0.25, 0.3) is 11.6 Å². The predicted molar refractivity (Wildman–Crippen MR) is 59.4 cm³/mol. The van der Waals surface area contributed by atoms with Gasteiger partial charge in [0.2, 0.25) is 0 Å². The number of anilines is 1. The molecule has 1 aromatic carbocycles. The van der Waals surface area contributed by atoms with Gasteiger partial charge in [-0.1, -0.05) is 23.4 Å². The normalized spacial score (nSPS) is 16.2. The van der Waals surface area contributed by atoms with Crippen LogP contribution in [-0.2, 0) is 4.79 Å². The largest absolute Gasteiger partial charge is 0.364 e. The van der Waals surface area contributed by atoms with Gasteiger partial charge in [-0.3, -0.25) is 4.79 Å². The molecule has 1 amide bonds. The zero-order valence-electron chi connectivity index (χ0n) is 8.31. The van der Waals surface area contributed by atoms with Crippen LogP contribution in [0.5, 0.6) is 0 Å². The minimum absolute atomic E-state index is 0.0950. The molecule has 0 saturated carbocycles. The Hall–Kier alpha value is -2.36. The molecule has 3 rings (SSSR count). The molecule has 4 heteroatoms. The second kappa shape index (κ2) is 3.34. The third kappa shape index (κ3) is 1.32. The highest BCUT2D eigenvalue weighted by atomic mass is 16.5. The van der Waals surface area contributed by atoms with Gasteiger partial charge in [0.25, 0.3) is 5.91 Å². The van der Waals surface area contributed by atoms with Gasteiger partial charge < -0.3 is 9.84 Å². The van der Waals surface area contributed by atoms with Crippen molar-refractivity contribution in [1.82, 2.24) is 5.16 Å². The summed E-state index contributed by atoms with van der Waals surface area (Å²) in [6.45, 7) is 0. The van der Waals surface area contributed by atoms with Crippen molar-refractivity contribution in [3.8, 4) is 0 Å². The summed E-state index contributed by atoms with van der Waals surface area (Å²) in [6.07, 6.45) is 4.83. The smallest absolute Gasteiger partial charge is 0.256 e. The van der Waals surface area contributed by atoms with Crippen LogP contribution >= 0.6 is 0 Å². The molecule has 0 spiro atoms. The lowest BCUT2D eigenvalue weighted by Gasteiger charge is -1.95. The van der Waals surface area contributed by atoms with Gasteiger partial charge in [0.05, 0.1) is 6.20 Å². The Bertz CT molecular complexity index is 570. The van der Waals surface area contributed by atoms with Crippen molar-refractivity contribution < 1.29 is 9.32 Å². The van der Waals surface area contributed by atoms with Gasteiger partial charge in [0.15, 0.2) is 0 Å². The summed E-state index contributed by atoms with van der Waals surface area (Å²) in [7, 11) is 0. The molecule has 0 fully saturated rings. The summed E-state index contributed by atoms with van der Waals surface area (Å²) in [5.41, 5.74) is 3.17. The second-order valence-corrected chi connectivity index (χ2v) is 3.52. The van der Waals surface area contributed by atoms with E-state index >= 15 is 0 Å². The zero-order chi connectivity index (χ0) is 11.0. The highest BCUT2D eigenvalue weighted by molar-refractivity contribution is 6.34. The number of fused-ring (bicyclic) bond motifs is 1. The summed E-state index contributed by atoms with van der Waals surface area (Å²) < 4.78 is 4.72. The first-order chi connectivity index (χ1) is 7.84. The van der Waals surface area contributed by atoms with Crippen LogP contribution in [0.4, 0.5) is 5.69 Å². The van der Waals surface area contributed by atoms with Crippen LogP contribution in [0.2, 0.25) is 0 Å². The number of benzene rings is 1. The number of para-hydroxylation sites is 1. The van der Waals surface area contributed by atoms with Crippen molar-refractivity contribution >= 4 is 23.2 Å². The first-order valence-electron chi connectivity index (χ1n) is 4.86. The highest BCUT2D eigenvalue weighted by Gasteiger charge is 2.23. The Morgan fingerprint density at radius 2 is 2.19 bits per heavy atom. The van der Waals surface area contributed by atoms with Crippen molar-refractivity contribution in [3.63, 3.8) is 0 Å². The average molecular weight is 212 g/mol. The number of amides is 1. The average Bonchev–Trinajstić information content (AvgIpc) is 2.89. The Balaban J connectivity index is 2.12. The Kier molecular flexibility index (Phi) is 1.86. The summed E-state index contributed by atoms with van der Waals surface area (Å²) in [6, 6.07) is 7.58. The first kappa shape index (κ1) is 8.91. The van der Waals surface area contributed by atoms with Crippen molar-refractivity contribution in [2.45, 2.75) is 0 Å². The molecule has 2 heterocycles. The van der Waals surface area contributed by atoms with Crippen molar-refractivity contribution in [3.05, 3.63) is 47.9 Å². The molecule has 1 aliphatic heterocycles. The summed E-state index contributed by atoms with van der Waals surface area (Å²) in [4.78, 5) is 11.7. The molecule has 0 unspecified atom stereocenters. The van der Waals surface area contributed by atoms with E-state index in [1.807, 2.05) is 24.3 Å².